The first-order valence-corrected chi connectivity index (χ1v) is 12.3. The molecule has 35 heavy (non-hydrogen) atoms. The zero-order chi connectivity index (χ0) is 25.4. The van der Waals surface area contributed by atoms with E-state index in [1.54, 1.807) is 56.6 Å². The number of benzene rings is 3. The van der Waals surface area contributed by atoms with Gasteiger partial charge in [-0.2, -0.15) is 8.42 Å². The molecule has 9 nitrogen and oxygen atoms in total. The average Bonchev–Trinajstić information content (AvgIpc) is 2.82. The van der Waals surface area contributed by atoms with E-state index in [1.807, 2.05) is 48.0 Å². The molecule has 0 aromatic heterocycles. The fraction of sp³-hybridized carbons (Fsp3) is 0.200. The molecule has 0 bridgehead atoms. The van der Waals surface area contributed by atoms with Gasteiger partial charge in [0.25, 0.3) is 0 Å². The van der Waals surface area contributed by atoms with E-state index in [1.165, 1.54) is 4.90 Å². The molecule has 0 heterocycles. The summed E-state index contributed by atoms with van der Waals surface area (Å²) < 4.78 is 34.3. The minimum atomic E-state index is -4.23. The molecule has 0 aliphatic heterocycles. The Morgan fingerprint density at radius 3 is 2.29 bits per heavy atom. The molecule has 184 valence electrons. The topological polar surface area (TPSA) is 117 Å². The van der Waals surface area contributed by atoms with Gasteiger partial charge in [-0.3, -0.25) is 9.52 Å². The molecule has 1 unspecified atom stereocenters. The number of carbonyl (C=O) groups excluding carboxylic acids is 2. The summed E-state index contributed by atoms with van der Waals surface area (Å²) in [6.45, 7) is 1.82. The molecule has 0 aliphatic carbocycles. The highest BCUT2D eigenvalue weighted by Gasteiger charge is 2.27. The normalized spacial score (nSPS) is 11.7. The number of likely N-dealkylation sites (N-methyl/N-ethyl adjacent to an activating group) is 1. The lowest BCUT2D eigenvalue weighted by atomic mass is 10.0. The van der Waals surface area contributed by atoms with Crippen LogP contribution in [-0.2, 0) is 21.4 Å². The third-order valence-corrected chi connectivity index (χ3v) is 6.13. The second-order valence-electron chi connectivity index (χ2n) is 7.89. The Labute approximate surface area is 205 Å². The zero-order valence-corrected chi connectivity index (χ0v) is 20.5. The fourth-order valence-electron chi connectivity index (χ4n) is 3.42. The number of amides is 3. The number of hydrogen-bond acceptors (Lipinski definition) is 5. The summed E-state index contributed by atoms with van der Waals surface area (Å²) in [6, 6.07) is 20.6. The lowest BCUT2D eigenvalue weighted by Crippen LogP contribution is -2.53. The van der Waals surface area contributed by atoms with Crippen LogP contribution in [0.3, 0.4) is 0 Å². The van der Waals surface area contributed by atoms with Crippen molar-refractivity contribution in [3.05, 3.63) is 90.0 Å². The molecule has 0 saturated carbocycles. The van der Waals surface area contributed by atoms with Gasteiger partial charge in [-0.05, 0) is 54.4 Å². The summed E-state index contributed by atoms with van der Waals surface area (Å²) in [5.74, 6) is 0.220. The first-order valence-electron chi connectivity index (χ1n) is 10.8. The van der Waals surface area contributed by atoms with Crippen molar-refractivity contribution in [2.45, 2.75) is 19.4 Å². The van der Waals surface area contributed by atoms with Crippen molar-refractivity contribution in [2.75, 3.05) is 23.8 Å². The van der Waals surface area contributed by atoms with Crippen molar-refractivity contribution in [1.82, 2.24) is 10.0 Å². The molecule has 3 rings (SSSR count). The molecule has 0 spiro atoms. The van der Waals surface area contributed by atoms with E-state index in [0.717, 1.165) is 11.1 Å². The van der Waals surface area contributed by atoms with Crippen molar-refractivity contribution in [1.29, 1.82) is 0 Å². The molecule has 3 aromatic rings. The van der Waals surface area contributed by atoms with Crippen molar-refractivity contribution >= 4 is 33.5 Å². The van der Waals surface area contributed by atoms with E-state index < -0.39 is 28.2 Å². The SMILES string of the molecule is COc1ccc(N(C)C(=O)C(Cc2ccccc2)NC(=O)NS(=O)(=O)Nc2cccc(C)c2)cc1. The molecule has 0 saturated heterocycles. The van der Waals surface area contributed by atoms with Crippen LogP contribution in [-0.4, -0.2) is 40.6 Å². The van der Waals surface area contributed by atoms with E-state index >= 15 is 0 Å². The van der Waals surface area contributed by atoms with Crippen LogP contribution in [0.2, 0.25) is 0 Å². The lowest BCUT2D eigenvalue weighted by Gasteiger charge is -2.25. The number of carbonyl (C=O) groups is 2. The molecule has 0 aliphatic rings. The summed E-state index contributed by atoms with van der Waals surface area (Å²) in [4.78, 5) is 27.3. The molecular weight excluding hydrogens is 468 g/mol. The highest BCUT2D eigenvalue weighted by Crippen LogP contribution is 2.19. The van der Waals surface area contributed by atoms with Crippen molar-refractivity contribution in [3.8, 4) is 5.75 Å². The second kappa shape index (κ2) is 11.4. The van der Waals surface area contributed by atoms with Crippen LogP contribution in [0.5, 0.6) is 5.75 Å². The quantitative estimate of drug-likeness (QED) is 0.421. The van der Waals surface area contributed by atoms with Gasteiger partial charge in [0.15, 0.2) is 0 Å². The monoisotopic (exact) mass is 496 g/mol. The number of nitrogens with zero attached hydrogens (tertiary/aromatic N) is 1. The summed E-state index contributed by atoms with van der Waals surface area (Å²) in [6.07, 6.45) is 0.166. The predicted octanol–water partition coefficient (Wildman–Crippen LogP) is 3.23. The van der Waals surface area contributed by atoms with Gasteiger partial charge in [-0.15, -0.1) is 0 Å². The summed E-state index contributed by atoms with van der Waals surface area (Å²) in [5.41, 5.74) is 2.55. The Morgan fingerprint density at radius 1 is 0.971 bits per heavy atom. The van der Waals surface area contributed by atoms with Gasteiger partial charge in [-0.1, -0.05) is 42.5 Å². The zero-order valence-electron chi connectivity index (χ0n) is 19.7. The number of hydrogen-bond donors (Lipinski definition) is 3. The Kier molecular flexibility index (Phi) is 8.32. The van der Waals surface area contributed by atoms with Crippen molar-refractivity contribution < 1.29 is 22.7 Å². The molecule has 3 N–H and O–H groups in total. The third kappa shape index (κ3) is 7.47. The van der Waals surface area contributed by atoms with Gasteiger partial charge in [0.1, 0.15) is 11.8 Å². The van der Waals surface area contributed by atoms with Gasteiger partial charge in [0, 0.05) is 19.2 Å². The van der Waals surface area contributed by atoms with Gasteiger partial charge >= 0.3 is 16.2 Å². The van der Waals surface area contributed by atoms with Crippen LogP contribution in [0, 0.1) is 6.92 Å². The second-order valence-corrected chi connectivity index (χ2v) is 9.30. The number of rotatable bonds is 9. The van der Waals surface area contributed by atoms with Gasteiger partial charge in [0.05, 0.1) is 12.8 Å². The van der Waals surface area contributed by atoms with E-state index in [9.17, 15) is 18.0 Å². The minimum Gasteiger partial charge on any atom is -0.497 e. The standard InChI is InChI=1S/C25H28N4O5S/c1-18-8-7-11-20(16-18)27-35(32,33)28-25(31)26-23(17-19-9-5-4-6-10-19)24(30)29(2)21-12-14-22(34-3)15-13-21/h4-16,23,27H,17H2,1-3H3,(H2,26,28,31). The molecule has 3 aromatic carbocycles. The maximum Gasteiger partial charge on any atom is 0.330 e. The Hall–Kier alpha value is -4.05. The van der Waals surface area contributed by atoms with Crippen LogP contribution in [0.4, 0.5) is 16.2 Å². The Bertz CT molecular complexity index is 1260. The fourth-order valence-corrected chi connectivity index (χ4v) is 4.21. The number of anilines is 2. The predicted molar refractivity (Wildman–Crippen MR) is 136 cm³/mol. The van der Waals surface area contributed by atoms with Crippen LogP contribution in [0.15, 0.2) is 78.9 Å². The molecule has 0 fully saturated rings. The van der Waals surface area contributed by atoms with Gasteiger partial charge < -0.3 is 15.0 Å². The van der Waals surface area contributed by atoms with E-state index in [0.29, 0.717) is 17.1 Å². The van der Waals surface area contributed by atoms with E-state index in [-0.39, 0.29) is 6.42 Å². The summed E-state index contributed by atoms with van der Waals surface area (Å²) >= 11 is 0. The van der Waals surface area contributed by atoms with Gasteiger partial charge in [0.2, 0.25) is 5.91 Å². The average molecular weight is 497 g/mol. The largest absolute Gasteiger partial charge is 0.497 e. The maximum absolute atomic E-state index is 13.3. The number of ether oxygens (including phenoxy) is 1. The summed E-state index contributed by atoms with van der Waals surface area (Å²) in [7, 11) is -1.10. The van der Waals surface area contributed by atoms with Crippen LogP contribution < -0.4 is 24.4 Å². The first kappa shape index (κ1) is 25.6. The smallest absolute Gasteiger partial charge is 0.330 e. The van der Waals surface area contributed by atoms with E-state index in [4.69, 9.17) is 4.74 Å². The number of urea groups is 1. The number of nitrogens with one attached hydrogen (secondary N) is 3. The third-order valence-electron chi connectivity index (χ3n) is 5.17. The van der Waals surface area contributed by atoms with Crippen molar-refractivity contribution in [2.24, 2.45) is 0 Å². The van der Waals surface area contributed by atoms with Crippen LogP contribution in [0.25, 0.3) is 0 Å². The molecule has 3 amide bonds. The van der Waals surface area contributed by atoms with Crippen LogP contribution in [0.1, 0.15) is 11.1 Å². The molecule has 1 atom stereocenters. The van der Waals surface area contributed by atoms with Crippen LogP contribution >= 0.6 is 0 Å². The lowest BCUT2D eigenvalue weighted by molar-refractivity contribution is -0.120. The highest BCUT2D eigenvalue weighted by atomic mass is 32.2. The molecule has 10 heteroatoms. The highest BCUT2D eigenvalue weighted by molar-refractivity contribution is 7.91. The van der Waals surface area contributed by atoms with Crippen molar-refractivity contribution in [3.63, 3.8) is 0 Å². The van der Waals surface area contributed by atoms with E-state index in [2.05, 4.69) is 10.0 Å². The minimum absolute atomic E-state index is 0.166. The molecule has 0 radical (unpaired) electrons. The Balaban J connectivity index is 1.75. The Morgan fingerprint density at radius 2 is 1.66 bits per heavy atom. The molecular formula is C25H28N4O5S. The number of aryl methyl sites for hydroxylation is 1. The van der Waals surface area contributed by atoms with Gasteiger partial charge in [-0.25, -0.2) is 9.52 Å². The summed E-state index contributed by atoms with van der Waals surface area (Å²) in [5, 5.41) is 2.51. The first-order chi connectivity index (χ1) is 16.7. The maximum atomic E-state index is 13.3. The number of methoxy groups -OCH3 is 1.